The van der Waals surface area contributed by atoms with E-state index in [1.807, 2.05) is 0 Å². The maximum absolute atomic E-state index is 12.4. The lowest BCUT2D eigenvalue weighted by atomic mass is 9.98. The van der Waals surface area contributed by atoms with Crippen molar-refractivity contribution in [3.8, 4) is 11.5 Å². The van der Waals surface area contributed by atoms with E-state index in [-0.39, 0.29) is 19.0 Å². The third-order valence-corrected chi connectivity index (χ3v) is 3.54. The molecule has 0 aliphatic carbocycles. The van der Waals surface area contributed by atoms with Crippen LogP contribution in [0.1, 0.15) is 39.3 Å². The van der Waals surface area contributed by atoms with Crippen molar-refractivity contribution < 1.29 is 37.6 Å². The third-order valence-electron chi connectivity index (χ3n) is 3.54. The molecule has 0 bridgehead atoms. The number of alkyl carbamates (subject to hydrolysis) is 1. The van der Waals surface area contributed by atoms with Crippen LogP contribution in [0.4, 0.5) is 13.6 Å². The first-order valence-electron chi connectivity index (χ1n) is 8.56. The Balaban J connectivity index is 2.23. The maximum atomic E-state index is 12.4. The van der Waals surface area contributed by atoms with Gasteiger partial charge in [0.2, 0.25) is 0 Å². The van der Waals surface area contributed by atoms with Crippen molar-refractivity contribution in [2.45, 2.75) is 58.2 Å². The average molecular weight is 389 g/mol. The molecule has 2 rings (SSSR count). The third kappa shape index (κ3) is 6.51. The number of ether oxygens (including phenoxy) is 4. The molecule has 1 heterocycles. The van der Waals surface area contributed by atoms with Gasteiger partial charge in [0.1, 0.15) is 29.8 Å². The quantitative estimate of drug-likeness (QED) is 0.778. The zero-order valence-corrected chi connectivity index (χ0v) is 15.7. The molecule has 152 valence electrons. The van der Waals surface area contributed by atoms with Crippen molar-refractivity contribution >= 4 is 6.09 Å². The fraction of sp³-hybridized carbons (Fsp3) is 0.611. The standard InChI is InChI=1S/C18H25F2NO6/c1-10(22)8-24-14-9-25-13-7-11(26-16(19)20)5-6-12(13)15(14)21-17(23)27-18(2,3)4/h5-7,10,14-16,22H,8-9H2,1-4H3,(H,21,23)/t10-,14-,15+/m0/s1. The Bertz CT molecular complexity index is 647. The van der Waals surface area contributed by atoms with Gasteiger partial charge in [-0.1, -0.05) is 0 Å². The number of halogens is 2. The number of rotatable bonds is 6. The number of hydrogen-bond acceptors (Lipinski definition) is 6. The number of nitrogens with one attached hydrogen (secondary N) is 1. The highest BCUT2D eigenvalue weighted by Crippen LogP contribution is 2.36. The molecule has 0 radical (unpaired) electrons. The number of aliphatic hydroxyl groups excluding tert-OH is 1. The van der Waals surface area contributed by atoms with E-state index in [1.165, 1.54) is 18.2 Å². The van der Waals surface area contributed by atoms with Gasteiger partial charge < -0.3 is 29.4 Å². The molecule has 0 saturated heterocycles. The summed E-state index contributed by atoms with van der Waals surface area (Å²) in [5.74, 6) is 0.245. The number of fused-ring (bicyclic) bond motifs is 1. The Kier molecular flexibility index (Phi) is 6.83. The molecular weight excluding hydrogens is 364 g/mol. The molecule has 3 atom stereocenters. The largest absolute Gasteiger partial charge is 0.490 e. The Labute approximate surface area is 156 Å². The molecule has 0 spiro atoms. The van der Waals surface area contributed by atoms with E-state index in [9.17, 15) is 18.7 Å². The van der Waals surface area contributed by atoms with Crippen molar-refractivity contribution in [3.63, 3.8) is 0 Å². The van der Waals surface area contributed by atoms with Crippen LogP contribution in [0.25, 0.3) is 0 Å². The summed E-state index contributed by atoms with van der Waals surface area (Å²) in [6.07, 6.45) is -1.95. The maximum Gasteiger partial charge on any atom is 0.408 e. The lowest BCUT2D eigenvalue weighted by molar-refractivity contribution is -0.0525. The number of benzene rings is 1. The summed E-state index contributed by atoms with van der Waals surface area (Å²) in [5.41, 5.74) is -0.160. The van der Waals surface area contributed by atoms with Crippen molar-refractivity contribution in [3.05, 3.63) is 23.8 Å². The number of aliphatic hydroxyl groups is 1. The van der Waals surface area contributed by atoms with Crippen LogP contribution < -0.4 is 14.8 Å². The van der Waals surface area contributed by atoms with Gasteiger partial charge in [-0.05, 0) is 39.8 Å². The molecule has 0 unspecified atom stereocenters. The number of alkyl halides is 2. The smallest absolute Gasteiger partial charge is 0.408 e. The molecule has 1 aliphatic heterocycles. The number of amides is 1. The molecular formula is C18H25F2NO6. The van der Waals surface area contributed by atoms with E-state index >= 15 is 0 Å². The van der Waals surface area contributed by atoms with Crippen LogP contribution in [0, 0.1) is 0 Å². The first-order chi connectivity index (χ1) is 12.5. The van der Waals surface area contributed by atoms with Gasteiger partial charge in [0.15, 0.2) is 0 Å². The van der Waals surface area contributed by atoms with Gasteiger partial charge >= 0.3 is 12.7 Å². The van der Waals surface area contributed by atoms with Gasteiger partial charge in [0, 0.05) is 11.6 Å². The van der Waals surface area contributed by atoms with E-state index in [1.54, 1.807) is 27.7 Å². The second kappa shape index (κ2) is 8.71. The van der Waals surface area contributed by atoms with Gasteiger partial charge in [-0.2, -0.15) is 8.78 Å². The molecule has 27 heavy (non-hydrogen) atoms. The number of carbonyl (C=O) groups excluding carboxylic acids is 1. The molecule has 1 aromatic rings. The van der Waals surface area contributed by atoms with Crippen LogP contribution in [0.15, 0.2) is 18.2 Å². The molecule has 9 heteroatoms. The summed E-state index contributed by atoms with van der Waals surface area (Å²) >= 11 is 0. The highest BCUT2D eigenvalue weighted by atomic mass is 19.3. The van der Waals surface area contributed by atoms with Gasteiger partial charge in [0.25, 0.3) is 0 Å². The Hall–Kier alpha value is -2.13. The first-order valence-corrected chi connectivity index (χ1v) is 8.56. The van der Waals surface area contributed by atoms with Gasteiger partial charge in [-0.3, -0.25) is 0 Å². The number of hydrogen-bond donors (Lipinski definition) is 2. The summed E-state index contributed by atoms with van der Waals surface area (Å²) in [6, 6.07) is 3.56. The molecule has 0 aromatic heterocycles. The number of carbonyl (C=O) groups is 1. The molecule has 1 aliphatic rings. The highest BCUT2D eigenvalue weighted by Gasteiger charge is 2.35. The predicted octanol–water partition coefficient (Wildman–Crippen LogP) is 3.01. The molecule has 7 nitrogen and oxygen atoms in total. The van der Waals surface area contributed by atoms with E-state index < -0.39 is 36.6 Å². The van der Waals surface area contributed by atoms with Crippen molar-refractivity contribution in [1.29, 1.82) is 0 Å². The fourth-order valence-corrected chi connectivity index (χ4v) is 2.55. The summed E-state index contributed by atoms with van der Waals surface area (Å²) in [7, 11) is 0. The topological polar surface area (TPSA) is 86.3 Å². The minimum atomic E-state index is -2.95. The van der Waals surface area contributed by atoms with Crippen molar-refractivity contribution in [2.75, 3.05) is 13.2 Å². The molecule has 0 fully saturated rings. The summed E-state index contributed by atoms with van der Waals surface area (Å²) in [6.45, 7) is 3.92. The van der Waals surface area contributed by atoms with Crippen LogP contribution in [0.5, 0.6) is 11.5 Å². The SMILES string of the molecule is C[C@H](O)CO[C@H]1COc2cc(OC(F)F)ccc2[C@H]1NC(=O)OC(C)(C)C. The first kappa shape index (κ1) is 21.2. The molecule has 2 N–H and O–H groups in total. The Morgan fingerprint density at radius 2 is 2.11 bits per heavy atom. The Morgan fingerprint density at radius 1 is 1.41 bits per heavy atom. The van der Waals surface area contributed by atoms with Crippen LogP contribution in [0.2, 0.25) is 0 Å². The normalized spacial score (nSPS) is 20.4. The van der Waals surface area contributed by atoms with E-state index in [4.69, 9.17) is 14.2 Å². The fourth-order valence-electron chi connectivity index (χ4n) is 2.55. The van der Waals surface area contributed by atoms with Crippen molar-refractivity contribution in [2.24, 2.45) is 0 Å². The second-order valence-corrected chi connectivity index (χ2v) is 7.23. The summed E-state index contributed by atoms with van der Waals surface area (Å²) in [4.78, 5) is 12.2. The van der Waals surface area contributed by atoms with Gasteiger partial charge in [-0.15, -0.1) is 0 Å². The van der Waals surface area contributed by atoms with Crippen LogP contribution >= 0.6 is 0 Å². The monoisotopic (exact) mass is 389 g/mol. The minimum Gasteiger partial charge on any atom is -0.490 e. The van der Waals surface area contributed by atoms with Crippen LogP contribution in [-0.2, 0) is 9.47 Å². The van der Waals surface area contributed by atoms with E-state index in [0.717, 1.165) is 0 Å². The molecule has 1 aromatic carbocycles. The summed E-state index contributed by atoms with van der Waals surface area (Å²) < 4.78 is 45.7. The van der Waals surface area contributed by atoms with Gasteiger partial charge in [-0.25, -0.2) is 4.79 Å². The highest BCUT2D eigenvalue weighted by molar-refractivity contribution is 5.69. The van der Waals surface area contributed by atoms with Crippen molar-refractivity contribution in [1.82, 2.24) is 5.32 Å². The average Bonchev–Trinajstić information content (AvgIpc) is 2.51. The van der Waals surface area contributed by atoms with Crippen LogP contribution in [0.3, 0.4) is 0 Å². The zero-order chi connectivity index (χ0) is 20.2. The lowest BCUT2D eigenvalue weighted by Crippen LogP contribution is -2.45. The van der Waals surface area contributed by atoms with Gasteiger partial charge in [0.05, 0.1) is 18.8 Å². The van der Waals surface area contributed by atoms with Crippen LogP contribution in [-0.4, -0.2) is 48.8 Å². The zero-order valence-electron chi connectivity index (χ0n) is 15.7. The summed E-state index contributed by atoms with van der Waals surface area (Å²) in [5, 5.41) is 12.2. The van der Waals surface area contributed by atoms with E-state index in [0.29, 0.717) is 11.3 Å². The molecule has 0 saturated carbocycles. The molecule has 1 amide bonds. The Morgan fingerprint density at radius 3 is 2.70 bits per heavy atom. The predicted molar refractivity (Wildman–Crippen MR) is 92.1 cm³/mol. The van der Waals surface area contributed by atoms with E-state index in [2.05, 4.69) is 10.1 Å². The minimum absolute atomic E-state index is 0.0441. The second-order valence-electron chi connectivity index (χ2n) is 7.23. The lowest BCUT2D eigenvalue weighted by Gasteiger charge is -2.34.